The molecule has 0 aliphatic heterocycles. The Balaban J connectivity index is 2.10. The molecule has 1 aromatic rings. The van der Waals surface area contributed by atoms with Crippen molar-refractivity contribution in [2.24, 2.45) is 11.7 Å². The molecule has 0 saturated heterocycles. The summed E-state index contributed by atoms with van der Waals surface area (Å²) in [5.41, 5.74) is 5.67. The summed E-state index contributed by atoms with van der Waals surface area (Å²) in [7, 11) is 0. The van der Waals surface area contributed by atoms with Crippen LogP contribution in [0.3, 0.4) is 0 Å². The normalized spacial score (nSPS) is 18.9. The molecule has 86 valence electrons. The van der Waals surface area contributed by atoms with Gasteiger partial charge < -0.3 is 11.1 Å². The summed E-state index contributed by atoms with van der Waals surface area (Å²) in [5, 5.41) is 2.99. The van der Waals surface area contributed by atoms with E-state index in [9.17, 15) is 4.79 Å². The van der Waals surface area contributed by atoms with E-state index in [-0.39, 0.29) is 17.0 Å². The summed E-state index contributed by atoms with van der Waals surface area (Å²) in [6.07, 6.45) is 3.60. The Hall–Kier alpha value is -1.13. The molecule has 0 aromatic carbocycles. The minimum atomic E-state index is -0.820. The van der Waals surface area contributed by atoms with Crippen molar-refractivity contribution < 1.29 is 4.79 Å². The average molecular weight is 240 g/mol. The smallest absolute Gasteiger partial charge is 0.244 e. The predicted octanol–water partition coefficient (Wildman–Crippen LogP) is 1.80. The fourth-order valence-corrected chi connectivity index (χ4v) is 1.77. The Bertz CT molecular complexity index is 415. The highest BCUT2D eigenvalue weighted by Gasteiger charge is 2.44. The molecular formula is C11H14ClN3O. The Morgan fingerprint density at radius 2 is 2.38 bits per heavy atom. The maximum absolute atomic E-state index is 11.9. The zero-order chi connectivity index (χ0) is 11.8. The van der Waals surface area contributed by atoms with Crippen LogP contribution in [0.1, 0.15) is 19.8 Å². The van der Waals surface area contributed by atoms with Gasteiger partial charge in [-0.3, -0.25) is 4.79 Å². The first-order valence-corrected chi connectivity index (χ1v) is 5.60. The fraction of sp³-hybridized carbons (Fsp3) is 0.455. The van der Waals surface area contributed by atoms with Gasteiger partial charge in [0.15, 0.2) is 5.15 Å². The summed E-state index contributed by atoms with van der Waals surface area (Å²) in [5.74, 6) is 0.0767. The lowest BCUT2D eigenvalue weighted by Gasteiger charge is -2.23. The van der Waals surface area contributed by atoms with Crippen molar-refractivity contribution in [1.82, 2.24) is 4.98 Å². The highest BCUT2D eigenvalue weighted by atomic mass is 35.5. The second kappa shape index (κ2) is 4.03. The van der Waals surface area contributed by atoms with Gasteiger partial charge >= 0.3 is 0 Å². The first-order valence-electron chi connectivity index (χ1n) is 5.22. The van der Waals surface area contributed by atoms with Crippen molar-refractivity contribution in [3.05, 3.63) is 23.5 Å². The number of carbonyl (C=O) groups is 1. The van der Waals surface area contributed by atoms with Crippen LogP contribution in [0.25, 0.3) is 0 Å². The maximum atomic E-state index is 11.9. The van der Waals surface area contributed by atoms with Gasteiger partial charge in [-0.2, -0.15) is 0 Å². The molecule has 0 radical (unpaired) electrons. The summed E-state index contributed by atoms with van der Waals surface area (Å²) in [4.78, 5) is 15.8. The molecule has 0 spiro atoms. The van der Waals surface area contributed by atoms with Crippen molar-refractivity contribution in [3.63, 3.8) is 0 Å². The summed E-state index contributed by atoms with van der Waals surface area (Å²) in [6, 6.07) is 3.42. The molecule has 1 saturated carbocycles. The van der Waals surface area contributed by atoms with Crippen LogP contribution in [0.5, 0.6) is 0 Å². The van der Waals surface area contributed by atoms with Crippen LogP contribution in [0.15, 0.2) is 18.3 Å². The Kier molecular flexibility index (Phi) is 2.86. The number of pyridine rings is 1. The van der Waals surface area contributed by atoms with E-state index in [2.05, 4.69) is 10.3 Å². The number of hydrogen-bond donors (Lipinski definition) is 2. The van der Waals surface area contributed by atoms with Gasteiger partial charge in [0, 0.05) is 6.20 Å². The summed E-state index contributed by atoms with van der Waals surface area (Å²) in [6.45, 7) is 1.75. The minimum absolute atomic E-state index is 0.204. The molecule has 4 nitrogen and oxygen atoms in total. The lowest BCUT2D eigenvalue weighted by atomic mass is 9.96. The second-order valence-electron chi connectivity index (χ2n) is 4.35. The lowest BCUT2D eigenvalue weighted by molar-refractivity contribution is -0.121. The van der Waals surface area contributed by atoms with Crippen LogP contribution in [0.4, 0.5) is 5.69 Å². The van der Waals surface area contributed by atoms with Crippen molar-refractivity contribution in [3.8, 4) is 0 Å². The quantitative estimate of drug-likeness (QED) is 0.791. The Morgan fingerprint density at radius 3 is 2.94 bits per heavy atom. The van der Waals surface area contributed by atoms with Gasteiger partial charge in [-0.05, 0) is 37.8 Å². The van der Waals surface area contributed by atoms with Gasteiger partial charge in [-0.15, -0.1) is 0 Å². The molecule has 0 bridgehead atoms. The summed E-state index contributed by atoms with van der Waals surface area (Å²) >= 11 is 5.85. The van der Waals surface area contributed by atoms with Crippen LogP contribution >= 0.6 is 11.6 Å². The SMILES string of the molecule is CC(N)(C(=O)Nc1cccnc1Cl)C1CC1. The Labute approximate surface area is 99.2 Å². The monoisotopic (exact) mass is 239 g/mol. The second-order valence-corrected chi connectivity index (χ2v) is 4.71. The maximum Gasteiger partial charge on any atom is 0.244 e. The number of halogens is 1. The van der Waals surface area contributed by atoms with E-state index in [1.165, 1.54) is 0 Å². The molecule has 1 aromatic heterocycles. The third kappa shape index (κ3) is 2.18. The van der Waals surface area contributed by atoms with Crippen LogP contribution in [0.2, 0.25) is 5.15 Å². The number of nitrogens with two attached hydrogens (primary N) is 1. The van der Waals surface area contributed by atoms with E-state index in [1.807, 2.05) is 0 Å². The van der Waals surface area contributed by atoms with Crippen molar-refractivity contribution in [1.29, 1.82) is 0 Å². The zero-order valence-corrected chi connectivity index (χ0v) is 9.79. The van der Waals surface area contributed by atoms with Crippen molar-refractivity contribution in [2.75, 3.05) is 5.32 Å². The number of aromatic nitrogens is 1. The first kappa shape index (κ1) is 11.4. The van der Waals surface area contributed by atoms with Gasteiger partial charge in [0.25, 0.3) is 0 Å². The molecule has 5 heteroatoms. The van der Waals surface area contributed by atoms with Gasteiger partial charge in [0.2, 0.25) is 5.91 Å². The van der Waals surface area contributed by atoms with Gasteiger partial charge in [-0.25, -0.2) is 4.98 Å². The predicted molar refractivity (Wildman–Crippen MR) is 63.2 cm³/mol. The third-order valence-electron chi connectivity index (χ3n) is 2.92. The molecule has 1 heterocycles. The van der Waals surface area contributed by atoms with Crippen molar-refractivity contribution in [2.45, 2.75) is 25.3 Å². The van der Waals surface area contributed by atoms with Crippen LogP contribution in [-0.4, -0.2) is 16.4 Å². The topological polar surface area (TPSA) is 68.0 Å². The van der Waals surface area contributed by atoms with Crippen LogP contribution < -0.4 is 11.1 Å². The first-order chi connectivity index (χ1) is 7.51. The van der Waals surface area contributed by atoms with Crippen LogP contribution in [0, 0.1) is 5.92 Å². The fourth-order valence-electron chi connectivity index (χ4n) is 1.60. The molecule has 1 unspecified atom stereocenters. The molecule has 1 amide bonds. The minimum Gasteiger partial charge on any atom is -0.322 e. The number of anilines is 1. The van der Waals surface area contributed by atoms with E-state index in [0.717, 1.165) is 12.8 Å². The van der Waals surface area contributed by atoms with E-state index in [0.29, 0.717) is 5.69 Å². The number of nitrogens with one attached hydrogen (secondary N) is 1. The third-order valence-corrected chi connectivity index (χ3v) is 3.22. The largest absolute Gasteiger partial charge is 0.322 e. The number of rotatable bonds is 3. The molecule has 16 heavy (non-hydrogen) atoms. The zero-order valence-electron chi connectivity index (χ0n) is 9.03. The molecule has 2 rings (SSSR count). The standard InChI is InChI=1S/C11H14ClN3O/c1-11(13,7-4-5-7)10(16)15-8-3-2-6-14-9(8)12/h2-3,6-7H,4-5,13H2,1H3,(H,15,16). The average Bonchev–Trinajstić information content (AvgIpc) is 3.04. The molecule has 3 N–H and O–H groups in total. The molecular weight excluding hydrogens is 226 g/mol. The number of carbonyl (C=O) groups excluding carboxylic acids is 1. The molecule has 1 aliphatic carbocycles. The van der Waals surface area contributed by atoms with E-state index in [1.54, 1.807) is 25.3 Å². The van der Waals surface area contributed by atoms with Crippen molar-refractivity contribution >= 4 is 23.2 Å². The highest BCUT2D eigenvalue weighted by Crippen LogP contribution is 2.38. The number of amides is 1. The number of nitrogens with zero attached hydrogens (tertiary/aromatic N) is 1. The van der Waals surface area contributed by atoms with E-state index < -0.39 is 5.54 Å². The van der Waals surface area contributed by atoms with Crippen LogP contribution in [-0.2, 0) is 4.79 Å². The van der Waals surface area contributed by atoms with Gasteiger partial charge in [-0.1, -0.05) is 11.6 Å². The number of hydrogen-bond acceptors (Lipinski definition) is 3. The van der Waals surface area contributed by atoms with E-state index in [4.69, 9.17) is 17.3 Å². The highest BCUT2D eigenvalue weighted by molar-refractivity contribution is 6.32. The van der Waals surface area contributed by atoms with Gasteiger partial charge in [0.05, 0.1) is 11.2 Å². The summed E-state index contributed by atoms with van der Waals surface area (Å²) < 4.78 is 0. The van der Waals surface area contributed by atoms with Gasteiger partial charge in [0.1, 0.15) is 0 Å². The van der Waals surface area contributed by atoms with E-state index >= 15 is 0 Å². The molecule has 1 atom stereocenters. The molecule has 1 aliphatic rings. The molecule has 1 fully saturated rings. The Morgan fingerprint density at radius 1 is 1.69 bits per heavy atom. The lowest BCUT2D eigenvalue weighted by Crippen LogP contribution is -2.50.